The fraction of sp³-hybridized carbons (Fsp3) is 0.190. The molecule has 0 spiro atoms. The summed E-state index contributed by atoms with van der Waals surface area (Å²) < 4.78 is 11.0. The molecule has 0 saturated carbocycles. The summed E-state index contributed by atoms with van der Waals surface area (Å²) in [6.45, 7) is 3.93. The van der Waals surface area contributed by atoms with Crippen molar-refractivity contribution in [3.63, 3.8) is 0 Å². The van der Waals surface area contributed by atoms with Gasteiger partial charge in [-0.15, -0.1) is 0 Å². The Balaban J connectivity index is 2.27. The average Bonchev–Trinajstić information content (AvgIpc) is 2.60. The highest BCUT2D eigenvalue weighted by molar-refractivity contribution is 5.88. The maximum absolute atomic E-state index is 12.8. The predicted molar refractivity (Wildman–Crippen MR) is 103 cm³/mol. The van der Waals surface area contributed by atoms with E-state index in [4.69, 9.17) is 9.15 Å². The lowest BCUT2D eigenvalue weighted by Crippen LogP contribution is -2.08. The van der Waals surface area contributed by atoms with Crippen LogP contribution in [0.2, 0.25) is 0 Å². The summed E-state index contributed by atoms with van der Waals surface area (Å²) in [7, 11) is 1.34. The van der Waals surface area contributed by atoms with Crippen LogP contribution in [0.1, 0.15) is 19.4 Å². The third-order valence-corrected chi connectivity index (χ3v) is 4.19. The Morgan fingerprint density at radius 1 is 1.11 bits per heavy atom. The Kier molecular flexibility index (Phi) is 4.81. The highest BCUT2D eigenvalue weighted by Crippen LogP contribution is 2.36. The van der Waals surface area contributed by atoms with Gasteiger partial charge in [0.2, 0.25) is 11.2 Å². The van der Waals surface area contributed by atoms with Crippen molar-refractivity contribution in [2.45, 2.75) is 20.3 Å². The van der Waals surface area contributed by atoms with E-state index in [9.17, 15) is 20.1 Å². The van der Waals surface area contributed by atoms with Crippen LogP contribution in [-0.4, -0.2) is 22.4 Å². The van der Waals surface area contributed by atoms with Gasteiger partial charge in [0.15, 0.2) is 5.76 Å². The second kappa shape index (κ2) is 7.07. The molecule has 0 atom stereocenters. The molecular weight excluding hydrogens is 348 g/mol. The summed E-state index contributed by atoms with van der Waals surface area (Å²) in [5.74, 6) is -0.401. The van der Waals surface area contributed by atoms with E-state index in [-0.39, 0.29) is 34.0 Å². The van der Waals surface area contributed by atoms with Crippen molar-refractivity contribution in [1.82, 2.24) is 0 Å². The van der Waals surface area contributed by atoms with Gasteiger partial charge in [0.1, 0.15) is 28.2 Å². The number of phenolic OH excluding ortho intramolecular Hbond substituents is 3. The molecule has 0 saturated heterocycles. The third-order valence-electron chi connectivity index (χ3n) is 4.19. The zero-order valence-corrected chi connectivity index (χ0v) is 15.2. The van der Waals surface area contributed by atoms with E-state index in [1.54, 1.807) is 12.1 Å². The first kappa shape index (κ1) is 18.4. The number of rotatable bonds is 4. The first-order chi connectivity index (χ1) is 12.8. The minimum Gasteiger partial charge on any atom is -0.508 e. The van der Waals surface area contributed by atoms with Crippen molar-refractivity contribution in [3.8, 4) is 34.3 Å². The highest BCUT2D eigenvalue weighted by atomic mass is 16.5. The van der Waals surface area contributed by atoms with Crippen LogP contribution in [0.4, 0.5) is 0 Å². The molecule has 1 heterocycles. The standard InChI is InChI=1S/C21H20O6/c1-11(2)4-5-12-8-13(6-7-15(12)23)20-21(26-3)19(25)18-16(24)9-14(22)10-17(18)27-20/h4,6-10,22-24H,5H2,1-3H3. The molecule has 6 nitrogen and oxygen atoms in total. The molecular formula is C21H20O6. The van der Waals surface area contributed by atoms with Crippen LogP contribution in [-0.2, 0) is 6.42 Å². The molecule has 0 bridgehead atoms. The number of hydrogen-bond acceptors (Lipinski definition) is 6. The second-order valence-electron chi connectivity index (χ2n) is 6.46. The molecule has 0 aliphatic rings. The molecule has 2 aromatic carbocycles. The highest BCUT2D eigenvalue weighted by Gasteiger charge is 2.20. The Morgan fingerprint density at radius 3 is 2.52 bits per heavy atom. The fourth-order valence-electron chi connectivity index (χ4n) is 2.85. The van der Waals surface area contributed by atoms with Gasteiger partial charge < -0.3 is 24.5 Å². The molecule has 0 fully saturated rings. The van der Waals surface area contributed by atoms with E-state index >= 15 is 0 Å². The molecule has 3 aromatic rings. The minimum absolute atomic E-state index is 0.0345. The van der Waals surface area contributed by atoms with Crippen LogP contribution in [0.25, 0.3) is 22.3 Å². The van der Waals surface area contributed by atoms with Crippen LogP contribution in [0, 0.1) is 0 Å². The van der Waals surface area contributed by atoms with Crippen LogP contribution < -0.4 is 10.2 Å². The van der Waals surface area contributed by atoms with Gasteiger partial charge in [-0.1, -0.05) is 11.6 Å². The lowest BCUT2D eigenvalue weighted by Gasteiger charge is -2.11. The molecule has 0 unspecified atom stereocenters. The van der Waals surface area contributed by atoms with Gasteiger partial charge in [0.25, 0.3) is 0 Å². The molecule has 3 N–H and O–H groups in total. The van der Waals surface area contributed by atoms with E-state index in [2.05, 4.69) is 0 Å². The second-order valence-corrected chi connectivity index (χ2v) is 6.46. The first-order valence-electron chi connectivity index (χ1n) is 8.34. The summed E-state index contributed by atoms with van der Waals surface area (Å²) in [6, 6.07) is 7.16. The number of ether oxygens (including phenoxy) is 1. The molecule has 0 amide bonds. The summed E-state index contributed by atoms with van der Waals surface area (Å²) in [5, 5.41) is 29.7. The monoisotopic (exact) mass is 368 g/mol. The molecule has 140 valence electrons. The quantitative estimate of drug-likeness (QED) is 0.600. The van der Waals surface area contributed by atoms with Gasteiger partial charge in [-0.05, 0) is 44.0 Å². The predicted octanol–water partition coefficient (Wildman–Crippen LogP) is 4.09. The minimum atomic E-state index is -0.551. The number of allylic oxidation sites excluding steroid dienone is 2. The zero-order chi connectivity index (χ0) is 19.7. The smallest absolute Gasteiger partial charge is 0.239 e. The molecule has 3 rings (SSSR count). The number of fused-ring (bicyclic) bond motifs is 1. The number of phenols is 3. The lowest BCUT2D eigenvalue weighted by atomic mass is 10.0. The Hall–Kier alpha value is -3.41. The van der Waals surface area contributed by atoms with Gasteiger partial charge in [-0.25, -0.2) is 0 Å². The molecule has 1 aromatic heterocycles. The van der Waals surface area contributed by atoms with Crippen molar-refractivity contribution in [1.29, 1.82) is 0 Å². The van der Waals surface area contributed by atoms with Crippen LogP contribution in [0.15, 0.2) is 51.2 Å². The van der Waals surface area contributed by atoms with Crippen molar-refractivity contribution in [3.05, 3.63) is 57.8 Å². The SMILES string of the molecule is COc1c(-c2ccc(O)c(CC=C(C)C)c2)oc2cc(O)cc(O)c2c1=O. The fourth-order valence-corrected chi connectivity index (χ4v) is 2.85. The number of aromatic hydroxyl groups is 3. The lowest BCUT2D eigenvalue weighted by molar-refractivity contribution is 0.397. The van der Waals surface area contributed by atoms with E-state index < -0.39 is 11.2 Å². The van der Waals surface area contributed by atoms with Gasteiger partial charge in [-0.2, -0.15) is 0 Å². The Labute approximate surface area is 155 Å². The topological polar surface area (TPSA) is 100 Å². The van der Waals surface area contributed by atoms with Crippen molar-refractivity contribution in [2.75, 3.05) is 7.11 Å². The van der Waals surface area contributed by atoms with Gasteiger partial charge in [-0.3, -0.25) is 4.79 Å². The number of benzene rings is 2. The zero-order valence-electron chi connectivity index (χ0n) is 15.2. The van der Waals surface area contributed by atoms with E-state index in [0.29, 0.717) is 17.5 Å². The normalized spacial score (nSPS) is 10.8. The van der Waals surface area contributed by atoms with E-state index in [0.717, 1.165) is 11.6 Å². The van der Waals surface area contributed by atoms with Gasteiger partial charge >= 0.3 is 0 Å². The molecule has 6 heteroatoms. The largest absolute Gasteiger partial charge is 0.508 e. The molecule has 0 aliphatic carbocycles. The maximum atomic E-state index is 12.8. The molecule has 0 aliphatic heterocycles. The summed E-state index contributed by atoms with van der Waals surface area (Å²) in [4.78, 5) is 12.8. The molecule has 27 heavy (non-hydrogen) atoms. The van der Waals surface area contributed by atoms with Crippen molar-refractivity contribution in [2.24, 2.45) is 0 Å². The van der Waals surface area contributed by atoms with Crippen molar-refractivity contribution < 1.29 is 24.5 Å². The third kappa shape index (κ3) is 3.46. The van der Waals surface area contributed by atoms with E-state index in [1.165, 1.54) is 19.2 Å². The van der Waals surface area contributed by atoms with Gasteiger partial charge in [0, 0.05) is 17.7 Å². The average molecular weight is 368 g/mol. The first-order valence-corrected chi connectivity index (χ1v) is 8.34. The summed E-state index contributed by atoms with van der Waals surface area (Å²) in [5.41, 5.74) is 1.79. The summed E-state index contributed by atoms with van der Waals surface area (Å²) >= 11 is 0. The van der Waals surface area contributed by atoms with Crippen molar-refractivity contribution >= 4 is 11.0 Å². The van der Waals surface area contributed by atoms with Crippen LogP contribution in [0.3, 0.4) is 0 Å². The number of methoxy groups -OCH3 is 1. The molecule has 0 radical (unpaired) electrons. The summed E-state index contributed by atoms with van der Waals surface area (Å²) in [6.07, 6.45) is 2.49. The Morgan fingerprint density at radius 2 is 1.85 bits per heavy atom. The van der Waals surface area contributed by atoms with Gasteiger partial charge in [0.05, 0.1) is 7.11 Å². The number of hydrogen-bond donors (Lipinski definition) is 3. The van der Waals surface area contributed by atoms with E-state index in [1.807, 2.05) is 19.9 Å². The Bertz CT molecular complexity index is 1100. The van der Waals surface area contributed by atoms with Crippen LogP contribution >= 0.6 is 0 Å². The van der Waals surface area contributed by atoms with Crippen LogP contribution in [0.5, 0.6) is 23.0 Å². The maximum Gasteiger partial charge on any atom is 0.239 e.